The third-order valence-corrected chi connectivity index (χ3v) is 9.71. The molecule has 2 amide bonds. The highest BCUT2D eigenvalue weighted by Gasteiger charge is 2.34. The van der Waals surface area contributed by atoms with Gasteiger partial charge < -0.3 is 29.7 Å². The number of aromatic nitrogens is 2. The highest BCUT2D eigenvalue weighted by Crippen LogP contribution is 2.41. The van der Waals surface area contributed by atoms with Crippen LogP contribution in [0.1, 0.15) is 61.3 Å². The maximum absolute atomic E-state index is 14.0. The molecule has 2 aliphatic heterocycles. The maximum atomic E-state index is 14.0. The number of fused-ring (bicyclic) bond motifs is 5. The summed E-state index contributed by atoms with van der Waals surface area (Å²) < 4.78 is 7.59. The maximum Gasteiger partial charge on any atom is 0.251 e. The first-order chi connectivity index (χ1) is 21.9. The summed E-state index contributed by atoms with van der Waals surface area (Å²) in [4.78, 5) is 39.1. The third kappa shape index (κ3) is 7.34. The van der Waals surface area contributed by atoms with Crippen molar-refractivity contribution in [2.75, 3.05) is 83.8 Å². The molecule has 6 rings (SSSR count). The standard InChI is InChI=1S/C35H49N7O3/c1-39(2)15-7-16-40(3)27-11-12-29-28(24-27)33-37-30-23-26(34(43)36-14-17-41-18-20-45-21-19-41)10-13-31(30)42(33)32(35(44)38-29)22-25-8-5-4-6-9-25/h10-13,23-25,32H,4-9,14-22H2,1-3H3,(H,36,43)(H,38,44)/t32-/m0/s1. The van der Waals surface area contributed by atoms with Crippen LogP contribution in [-0.4, -0.2) is 105 Å². The first-order valence-corrected chi connectivity index (χ1v) is 16.8. The van der Waals surface area contributed by atoms with Gasteiger partial charge in [-0.2, -0.15) is 0 Å². The van der Waals surface area contributed by atoms with Gasteiger partial charge in [-0.25, -0.2) is 4.98 Å². The number of nitrogens with zero attached hydrogens (tertiary/aromatic N) is 5. The molecule has 45 heavy (non-hydrogen) atoms. The highest BCUT2D eigenvalue weighted by atomic mass is 16.5. The molecule has 1 saturated carbocycles. The third-order valence-electron chi connectivity index (χ3n) is 9.71. The van der Waals surface area contributed by atoms with Crippen LogP contribution in [0.3, 0.4) is 0 Å². The molecule has 2 N–H and O–H groups in total. The van der Waals surface area contributed by atoms with Crippen molar-refractivity contribution in [3.63, 3.8) is 0 Å². The van der Waals surface area contributed by atoms with Crippen molar-refractivity contribution in [3.05, 3.63) is 42.0 Å². The predicted octanol–water partition coefficient (Wildman–Crippen LogP) is 4.62. The van der Waals surface area contributed by atoms with Gasteiger partial charge in [0.1, 0.15) is 11.9 Å². The number of carbonyl (C=O) groups is 2. The van der Waals surface area contributed by atoms with Gasteiger partial charge in [0.05, 0.1) is 29.9 Å². The predicted molar refractivity (Wildman–Crippen MR) is 180 cm³/mol. The minimum Gasteiger partial charge on any atom is -0.379 e. The number of morpholine rings is 1. The molecule has 2 aromatic carbocycles. The van der Waals surface area contributed by atoms with Gasteiger partial charge >= 0.3 is 0 Å². The number of ether oxygens (including phenoxy) is 1. The summed E-state index contributed by atoms with van der Waals surface area (Å²) in [6.45, 7) is 6.61. The van der Waals surface area contributed by atoms with E-state index in [9.17, 15) is 9.59 Å². The van der Waals surface area contributed by atoms with Gasteiger partial charge in [0, 0.05) is 56.6 Å². The topological polar surface area (TPSA) is 95.0 Å². The van der Waals surface area contributed by atoms with E-state index < -0.39 is 0 Å². The number of amides is 2. The van der Waals surface area contributed by atoms with E-state index in [0.717, 1.165) is 105 Å². The zero-order valence-electron chi connectivity index (χ0n) is 27.2. The van der Waals surface area contributed by atoms with Crippen LogP contribution in [-0.2, 0) is 9.53 Å². The van der Waals surface area contributed by atoms with Gasteiger partial charge in [0.15, 0.2) is 0 Å². The lowest BCUT2D eigenvalue weighted by molar-refractivity contribution is -0.119. The van der Waals surface area contributed by atoms with Crippen LogP contribution < -0.4 is 15.5 Å². The lowest BCUT2D eigenvalue weighted by Crippen LogP contribution is -2.41. The summed E-state index contributed by atoms with van der Waals surface area (Å²) in [7, 11) is 6.31. The molecule has 3 aliphatic rings. The molecule has 0 unspecified atom stereocenters. The Kier molecular flexibility index (Phi) is 10.0. The summed E-state index contributed by atoms with van der Waals surface area (Å²) in [6.07, 6.45) is 7.90. The number of anilines is 2. The Morgan fingerprint density at radius 2 is 1.84 bits per heavy atom. The van der Waals surface area contributed by atoms with Crippen LogP contribution in [0.5, 0.6) is 0 Å². The molecule has 10 nitrogen and oxygen atoms in total. The smallest absolute Gasteiger partial charge is 0.251 e. The zero-order chi connectivity index (χ0) is 31.3. The van der Waals surface area contributed by atoms with E-state index in [1.807, 2.05) is 24.3 Å². The molecule has 242 valence electrons. The number of rotatable bonds is 11. The van der Waals surface area contributed by atoms with E-state index in [1.54, 1.807) is 0 Å². The van der Waals surface area contributed by atoms with Crippen LogP contribution in [0.25, 0.3) is 22.4 Å². The summed E-state index contributed by atoms with van der Waals surface area (Å²) in [5.74, 6) is 1.20. The minimum atomic E-state index is -0.366. The molecule has 2 fully saturated rings. The average molecular weight is 616 g/mol. The van der Waals surface area contributed by atoms with Gasteiger partial charge in [-0.15, -0.1) is 0 Å². The largest absolute Gasteiger partial charge is 0.379 e. The highest BCUT2D eigenvalue weighted by molar-refractivity contribution is 6.03. The molecule has 0 radical (unpaired) electrons. The summed E-state index contributed by atoms with van der Waals surface area (Å²) in [5.41, 5.74) is 5.01. The summed E-state index contributed by atoms with van der Waals surface area (Å²) >= 11 is 0. The van der Waals surface area contributed by atoms with E-state index in [0.29, 0.717) is 18.0 Å². The summed E-state index contributed by atoms with van der Waals surface area (Å²) in [6, 6.07) is 11.6. The van der Waals surface area contributed by atoms with Gasteiger partial charge in [0.25, 0.3) is 5.91 Å². The molecular formula is C35H49N7O3. The molecular weight excluding hydrogens is 566 g/mol. The molecule has 10 heteroatoms. The first kappa shape index (κ1) is 31.5. The second-order valence-corrected chi connectivity index (χ2v) is 13.3. The number of hydrogen-bond donors (Lipinski definition) is 2. The molecule has 1 aliphatic carbocycles. The summed E-state index contributed by atoms with van der Waals surface area (Å²) in [5, 5.41) is 6.35. The molecule has 0 spiro atoms. The number of imidazole rings is 1. The normalized spacial score (nSPS) is 19.2. The van der Waals surface area contributed by atoms with E-state index in [1.165, 1.54) is 19.3 Å². The van der Waals surface area contributed by atoms with Crippen LogP contribution in [0.15, 0.2) is 36.4 Å². The Balaban J connectivity index is 1.32. The molecule has 3 heterocycles. The molecule has 0 bridgehead atoms. The van der Waals surface area contributed by atoms with Crippen LogP contribution >= 0.6 is 0 Å². The van der Waals surface area contributed by atoms with Crippen molar-refractivity contribution < 1.29 is 14.3 Å². The molecule has 1 atom stereocenters. The lowest BCUT2D eigenvalue weighted by Gasteiger charge is -2.27. The number of hydrogen-bond acceptors (Lipinski definition) is 7. The van der Waals surface area contributed by atoms with Crippen molar-refractivity contribution >= 4 is 34.2 Å². The van der Waals surface area contributed by atoms with Crippen molar-refractivity contribution in [2.45, 2.75) is 51.0 Å². The number of carbonyl (C=O) groups excluding carboxylic acids is 2. The molecule has 1 saturated heterocycles. The fourth-order valence-corrected chi connectivity index (χ4v) is 7.10. The van der Waals surface area contributed by atoms with Gasteiger partial charge in [-0.05, 0) is 75.8 Å². The van der Waals surface area contributed by atoms with Gasteiger partial charge in [-0.3, -0.25) is 14.5 Å². The fourth-order valence-electron chi connectivity index (χ4n) is 7.10. The molecule has 3 aromatic rings. The quantitative estimate of drug-likeness (QED) is 0.325. The fraction of sp³-hybridized carbons (Fsp3) is 0.571. The second-order valence-electron chi connectivity index (χ2n) is 13.3. The van der Waals surface area contributed by atoms with Gasteiger partial charge in [0.2, 0.25) is 5.91 Å². The second kappa shape index (κ2) is 14.3. The van der Waals surface area contributed by atoms with Crippen molar-refractivity contribution in [1.82, 2.24) is 24.7 Å². The Hall–Kier alpha value is -3.47. The monoisotopic (exact) mass is 615 g/mol. The van der Waals surface area contributed by atoms with E-state index in [-0.39, 0.29) is 17.9 Å². The Bertz CT molecular complexity index is 1490. The van der Waals surface area contributed by atoms with E-state index in [4.69, 9.17) is 9.72 Å². The Labute approximate surface area is 267 Å². The Morgan fingerprint density at radius 1 is 1.04 bits per heavy atom. The lowest BCUT2D eigenvalue weighted by atomic mass is 9.84. The minimum absolute atomic E-state index is 0.0110. The SMILES string of the molecule is CN(C)CCCN(C)c1ccc2c(c1)-c1nc3cc(C(=O)NCCN4CCOCC4)ccc3n1[C@@H](CC1CCCCC1)C(=O)N2. The van der Waals surface area contributed by atoms with Crippen molar-refractivity contribution in [2.24, 2.45) is 5.92 Å². The number of nitrogens with one attached hydrogen (secondary N) is 2. The van der Waals surface area contributed by atoms with E-state index in [2.05, 4.69) is 63.2 Å². The average Bonchev–Trinajstić information content (AvgIpc) is 3.38. The zero-order valence-corrected chi connectivity index (χ0v) is 27.2. The van der Waals surface area contributed by atoms with E-state index >= 15 is 0 Å². The number of benzene rings is 2. The van der Waals surface area contributed by atoms with Crippen LogP contribution in [0, 0.1) is 5.92 Å². The van der Waals surface area contributed by atoms with Crippen molar-refractivity contribution in [1.29, 1.82) is 0 Å². The first-order valence-electron chi connectivity index (χ1n) is 16.8. The Morgan fingerprint density at radius 3 is 2.62 bits per heavy atom. The van der Waals surface area contributed by atoms with Crippen LogP contribution in [0.4, 0.5) is 11.4 Å². The molecule has 1 aromatic heterocycles. The van der Waals surface area contributed by atoms with Crippen molar-refractivity contribution in [3.8, 4) is 11.4 Å². The van der Waals surface area contributed by atoms with Crippen LogP contribution in [0.2, 0.25) is 0 Å². The van der Waals surface area contributed by atoms with Gasteiger partial charge in [-0.1, -0.05) is 32.1 Å².